The van der Waals surface area contributed by atoms with E-state index in [2.05, 4.69) is 6.92 Å². The van der Waals surface area contributed by atoms with E-state index in [1.807, 2.05) is 19.9 Å². The molecule has 6 heteroatoms. The molecule has 1 spiro atoms. The smallest absolute Gasteiger partial charge is 0.303 e. The molecule has 1 N–H and O–H groups in total. The zero-order chi connectivity index (χ0) is 21.7. The number of allylic oxidation sites excluding steroid dienone is 2. The van der Waals surface area contributed by atoms with Crippen LogP contribution in [0.25, 0.3) is 0 Å². The number of rotatable bonds is 3. The van der Waals surface area contributed by atoms with Crippen molar-refractivity contribution in [2.24, 2.45) is 28.6 Å². The van der Waals surface area contributed by atoms with Gasteiger partial charge in [-0.05, 0) is 62.5 Å². The fourth-order valence-corrected chi connectivity index (χ4v) is 7.85. The molecule has 8 atom stereocenters. The predicted octanol–water partition coefficient (Wildman–Crippen LogP) is 2.53. The number of carbonyl (C=O) groups excluding carboxylic acids is 3. The number of fused-ring (bicyclic) bond motifs is 3. The number of aliphatic hydroxyl groups is 1. The van der Waals surface area contributed by atoms with Crippen LogP contribution in [0.1, 0.15) is 53.4 Å². The summed E-state index contributed by atoms with van der Waals surface area (Å²) in [6.07, 6.45) is 8.43. The highest BCUT2D eigenvalue weighted by molar-refractivity contribution is 6.01. The van der Waals surface area contributed by atoms with Crippen LogP contribution >= 0.6 is 0 Å². The van der Waals surface area contributed by atoms with Gasteiger partial charge in [0.2, 0.25) is 5.78 Å². The van der Waals surface area contributed by atoms with Crippen molar-refractivity contribution in [1.82, 2.24) is 0 Å². The zero-order valence-electron chi connectivity index (χ0n) is 18.1. The van der Waals surface area contributed by atoms with Gasteiger partial charge in [-0.1, -0.05) is 25.5 Å². The molecule has 0 unspecified atom stereocenters. The Labute approximate surface area is 176 Å². The van der Waals surface area contributed by atoms with Crippen molar-refractivity contribution in [1.29, 1.82) is 0 Å². The van der Waals surface area contributed by atoms with Crippen molar-refractivity contribution < 1.29 is 29.0 Å². The minimum Gasteiger partial charge on any atom is -0.458 e. The summed E-state index contributed by atoms with van der Waals surface area (Å²) < 4.78 is 11.4. The van der Waals surface area contributed by atoms with Gasteiger partial charge in [0.25, 0.3) is 0 Å². The molecule has 30 heavy (non-hydrogen) atoms. The molecule has 6 nitrogen and oxygen atoms in total. The molecular weight excluding hydrogens is 384 g/mol. The molecule has 5 rings (SSSR count). The van der Waals surface area contributed by atoms with E-state index in [0.29, 0.717) is 6.42 Å². The van der Waals surface area contributed by atoms with Crippen LogP contribution in [-0.4, -0.2) is 46.6 Å². The molecule has 0 aromatic carbocycles. The lowest BCUT2D eigenvalue weighted by atomic mass is 9.46. The largest absolute Gasteiger partial charge is 0.458 e. The van der Waals surface area contributed by atoms with Crippen LogP contribution in [0.15, 0.2) is 23.8 Å². The Balaban J connectivity index is 1.52. The number of ketones is 2. The number of Topliss-reactive ketones (excluding diaryl/α,β-unsaturated/α-hetero) is 1. The average Bonchev–Trinajstić information content (AvgIpc) is 3.36. The van der Waals surface area contributed by atoms with E-state index < -0.39 is 29.4 Å². The van der Waals surface area contributed by atoms with Gasteiger partial charge in [0.05, 0.1) is 6.10 Å². The summed E-state index contributed by atoms with van der Waals surface area (Å²) in [6.45, 7) is 7.00. The molecule has 0 amide bonds. The van der Waals surface area contributed by atoms with Gasteiger partial charge in [-0.25, -0.2) is 0 Å². The molecule has 1 saturated heterocycles. The molecule has 5 aliphatic rings. The summed E-state index contributed by atoms with van der Waals surface area (Å²) in [7, 11) is 0. The third-order valence-corrected chi connectivity index (χ3v) is 9.35. The zero-order valence-corrected chi connectivity index (χ0v) is 18.1. The third kappa shape index (κ3) is 2.14. The van der Waals surface area contributed by atoms with Gasteiger partial charge >= 0.3 is 5.97 Å². The van der Waals surface area contributed by atoms with E-state index in [0.717, 1.165) is 24.8 Å². The standard InChI is InChI=1S/C24H30O6/c1-13-9-18-17-6-5-15-10-16(26)7-8-21(15,3)24(17)20(30-24)11-22(18,4)23(13,28)19(27)12-29-14(2)25/h7-8,10,13,17-18,20,28H,5-6,9,11-12H2,1-4H3/t13-,17+,18+,20-,21+,22+,23+,24+/m1/s1. The molecular formula is C24H30O6. The van der Waals surface area contributed by atoms with Crippen LogP contribution in [0.2, 0.25) is 0 Å². The molecule has 162 valence electrons. The topological polar surface area (TPSA) is 93.2 Å². The van der Waals surface area contributed by atoms with Gasteiger partial charge in [0.15, 0.2) is 12.4 Å². The fourth-order valence-electron chi connectivity index (χ4n) is 7.85. The van der Waals surface area contributed by atoms with Gasteiger partial charge in [-0.2, -0.15) is 0 Å². The summed E-state index contributed by atoms with van der Waals surface area (Å²) in [4.78, 5) is 36.3. The lowest BCUT2D eigenvalue weighted by Gasteiger charge is -2.55. The average molecular weight is 414 g/mol. The Morgan fingerprint density at radius 2 is 2.03 bits per heavy atom. The van der Waals surface area contributed by atoms with Crippen molar-refractivity contribution in [2.45, 2.75) is 70.7 Å². The Morgan fingerprint density at radius 1 is 1.30 bits per heavy atom. The number of epoxide rings is 1. The normalized spacial score (nSPS) is 50.6. The second-order valence-corrected chi connectivity index (χ2v) is 10.5. The Bertz CT molecular complexity index is 919. The summed E-state index contributed by atoms with van der Waals surface area (Å²) in [5.74, 6) is -0.783. The molecule has 3 saturated carbocycles. The molecule has 0 aromatic heterocycles. The van der Waals surface area contributed by atoms with Gasteiger partial charge in [0.1, 0.15) is 11.2 Å². The van der Waals surface area contributed by atoms with Crippen molar-refractivity contribution in [3.05, 3.63) is 23.8 Å². The monoisotopic (exact) mass is 414 g/mol. The number of carbonyl (C=O) groups is 3. The first-order valence-electron chi connectivity index (χ1n) is 11.0. The van der Waals surface area contributed by atoms with E-state index in [1.165, 1.54) is 6.92 Å². The first-order chi connectivity index (χ1) is 14.0. The molecule has 0 aromatic rings. The fraction of sp³-hybridized carbons (Fsp3) is 0.708. The van der Waals surface area contributed by atoms with Gasteiger partial charge in [0, 0.05) is 17.8 Å². The van der Waals surface area contributed by atoms with Crippen molar-refractivity contribution >= 4 is 17.5 Å². The molecule has 0 bridgehead atoms. The lowest BCUT2D eigenvalue weighted by Crippen LogP contribution is -2.62. The number of hydrogen-bond acceptors (Lipinski definition) is 6. The van der Waals surface area contributed by atoms with Crippen LogP contribution in [0.5, 0.6) is 0 Å². The van der Waals surface area contributed by atoms with Crippen LogP contribution < -0.4 is 0 Å². The van der Waals surface area contributed by atoms with Gasteiger partial charge < -0.3 is 14.6 Å². The minimum absolute atomic E-state index is 0.0371. The Morgan fingerprint density at radius 3 is 2.73 bits per heavy atom. The quantitative estimate of drug-likeness (QED) is 0.564. The SMILES string of the molecule is CC(=O)OCC(=O)[C@@]1(O)[C@H](C)C[C@H]2[C@@H]3CCC4=CC(=O)C=C[C@]4(C)[C@]34O[C@@H]4C[C@@]21C. The third-order valence-electron chi connectivity index (χ3n) is 9.35. The summed E-state index contributed by atoms with van der Waals surface area (Å²) in [5.41, 5.74) is -1.71. The molecule has 1 heterocycles. The predicted molar refractivity (Wildman–Crippen MR) is 107 cm³/mol. The van der Waals surface area contributed by atoms with Gasteiger partial charge in [-0.15, -0.1) is 0 Å². The summed E-state index contributed by atoms with van der Waals surface area (Å²) >= 11 is 0. The number of ether oxygens (including phenoxy) is 2. The number of hydrogen-bond donors (Lipinski definition) is 1. The van der Waals surface area contributed by atoms with Crippen molar-refractivity contribution in [2.75, 3.05) is 6.61 Å². The molecule has 1 aliphatic heterocycles. The van der Waals surface area contributed by atoms with Crippen LogP contribution in [0, 0.1) is 28.6 Å². The first kappa shape index (κ1) is 20.1. The van der Waals surface area contributed by atoms with Crippen molar-refractivity contribution in [3.8, 4) is 0 Å². The maximum atomic E-state index is 13.1. The van der Waals surface area contributed by atoms with E-state index in [4.69, 9.17) is 9.47 Å². The number of esters is 1. The second kappa shape index (κ2) is 5.92. The van der Waals surface area contributed by atoms with Crippen LogP contribution in [0.3, 0.4) is 0 Å². The van der Waals surface area contributed by atoms with E-state index in [-0.39, 0.29) is 40.7 Å². The summed E-state index contributed by atoms with van der Waals surface area (Å²) in [6, 6.07) is 0. The Hall–Kier alpha value is -1.79. The Kier molecular flexibility index (Phi) is 3.97. The van der Waals surface area contributed by atoms with E-state index in [1.54, 1.807) is 12.2 Å². The summed E-state index contributed by atoms with van der Waals surface area (Å²) in [5, 5.41) is 11.8. The highest BCUT2D eigenvalue weighted by atomic mass is 16.6. The van der Waals surface area contributed by atoms with Crippen molar-refractivity contribution in [3.63, 3.8) is 0 Å². The van der Waals surface area contributed by atoms with Gasteiger partial charge in [-0.3, -0.25) is 14.4 Å². The van der Waals surface area contributed by atoms with E-state index >= 15 is 0 Å². The first-order valence-corrected chi connectivity index (χ1v) is 11.0. The van der Waals surface area contributed by atoms with E-state index in [9.17, 15) is 19.5 Å². The van der Waals surface area contributed by atoms with Crippen LogP contribution in [-0.2, 0) is 23.9 Å². The maximum absolute atomic E-state index is 13.1. The second-order valence-electron chi connectivity index (χ2n) is 10.5. The molecule has 4 fully saturated rings. The van der Waals surface area contributed by atoms with Crippen LogP contribution in [0.4, 0.5) is 0 Å². The molecule has 4 aliphatic carbocycles. The lowest BCUT2D eigenvalue weighted by molar-refractivity contribution is -0.170. The molecule has 0 radical (unpaired) electrons. The minimum atomic E-state index is -1.54. The highest BCUT2D eigenvalue weighted by Crippen LogP contribution is 2.76. The maximum Gasteiger partial charge on any atom is 0.303 e. The highest BCUT2D eigenvalue weighted by Gasteiger charge is 2.81.